The molecule has 4 heterocycles. The molecule has 0 bridgehead atoms. The first-order chi connectivity index (χ1) is 22.3. The summed E-state index contributed by atoms with van der Waals surface area (Å²) in [5.74, 6) is 3.23. The lowest BCUT2D eigenvalue weighted by Crippen LogP contribution is -2.15. The monoisotopic (exact) mass is 581 g/mol. The van der Waals surface area contributed by atoms with E-state index in [1.54, 1.807) is 6.20 Å². The van der Waals surface area contributed by atoms with E-state index in [1.807, 2.05) is 115 Å². The highest BCUT2D eigenvalue weighted by molar-refractivity contribution is 6.11. The van der Waals surface area contributed by atoms with Crippen molar-refractivity contribution >= 4 is 39.1 Å². The van der Waals surface area contributed by atoms with Gasteiger partial charge in [-0.15, -0.1) is 0 Å². The maximum Gasteiger partial charge on any atom is 0.167 e. The fraction of sp³-hybridized carbons (Fsp3) is 0. The van der Waals surface area contributed by atoms with Gasteiger partial charge in [-0.05, 0) is 42.5 Å². The van der Waals surface area contributed by atoms with Crippen LogP contribution in [0.15, 0.2) is 144 Å². The van der Waals surface area contributed by atoms with E-state index >= 15 is 0 Å². The quantitative estimate of drug-likeness (QED) is 0.205. The molecular formula is C38H23N5O2. The highest BCUT2D eigenvalue weighted by Gasteiger charge is 2.28. The van der Waals surface area contributed by atoms with Crippen molar-refractivity contribution in [3.63, 3.8) is 0 Å². The lowest BCUT2D eigenvalue weighted by atomic mass is 10.1. The predicted molar refractivity (Wildman–Crippen MR) is 176 cm³/mol. The minimum absolute atomic E-state index is 0.512. The Hall–Kier alpha value is -6.34. The summed E-state index contributed by atoms with van der Waals surface area (Å²) in [7, 11) is 0. The Bertz CT molecular complexity index is 2270. The number of furan rings is 1. The van der Waals surface area contributed by atoms with Gasteiger partial charge in [0.05, 0.1) is 22.6 Å². The maximum atomic E-state index is 6.80. The average molecular weight is 582 g/mol. The standard InChI is InChI=1S/C38H23N5O2/c1-3-12-24(13-4-1)36-40-37(25-14-5-2-6-15-25)42-38(41-36)27-22-23-39-33-26-16-11-19-30(34(26)45-35(27)33)43-28-17-7-9-20-31(28)44-32-21-10-8-18-29(32)43/h1-23H. The molecule has 0 spiro atoms. The third kappa shape index (κ3) is 4.13. The van der Waals surface area contributed by atoms with Crippen molar-refractivity contribution < 1.29 is 9.15 Å². The Morgan fingerprint density at radius 3 is 1.67 bits per heavy atom. The summed E-state index contributed by atoms with van der Waals surface area (Å²) in [5, 5.41) is 0.895. The number of hydrogen-bond acceptors (Lipinski definition) is 7. The Balaban J connectivity index is 1.28. The molecule has 5 aromatic carbocycles. The van der Waals surface area contributed by atoms with Gasteiger partial charge in [-0.25, -0.2) is 15.0 Å². The summed E-state index contributed by atoms with van der Waals surface area (Å²) in [5.41, 5.74) is 7.33. The molecule has 0 atom stereocenters. The van der Waals surface area contributed by atoms with Crippen molar-refractivity contribution in [2.24, 2.45) is 0 Å². The van der Waals surface area contributed by atoms with Gasteiger partial charge in [0.1, 0.15) is 5.52 Å². The van der Waals surface area contributed by atoms with Crippen molar-refractivity contribution in [1.82, 2.24) is 19.9 Å². The van der Waals surface area contributed by atoms with E-state index in [0.29, 0.717) is 28.6 Å². The van der Waals surface area contributed by atoms with Crippen LogP contribution in [0.5, 0.6) is 11.5 Å². The molecule has 9 rings (SSSR count). The maximum absolute atomic E-state index is 6.80. The van der Waals surface area contributed by atoms with Crippen LogP contribution in [0.2, 0.25) is 0 Å². The van der Waals surface area contributed by atoms with Crippen LogP contribution in [0.1, 0.15) is 0 Å². The summed E-state index contributed by atoms with van der Waals surface area (Å²) in [4.78, 5) is 21.7. The van der Waals surface area contributed by atoms with E-state index in [1.165, 1.54) is 0 Å². The van der Waals surface area contributed by atoms with Gasteiger partial charge in [0.15, 0.2) is 40.1 Å². The molecule has 0 aliphatic carbocycles. The first-order valence-electron chi connectivity index (χ1n) is 14.7. The molecule has 8 aromatic rings. The number of ether oxygens (including phenoxy) is 1. The first kappa shape index (κ1) is 25.2. The van der Waals surface area contributed by atoms with Gasteiger partial charge in [-0.2, -0.15) is 0 Å². The van der Waals surface area contributed by atoms with E-state index in [9.17, 15) is 0 Å². The molecule has 3 aromatic heterocycles. The third-order valence-corrected chi connectivity index (χ3v) is 7.97. The number of hydrogen-bond donors (Lipinski definition) is 0. The fourth-order valence-electron chi connectivity index (χ4n) is 5.91. The first-order valence-corrected chi connectivity index (χ1v) is 14.7. The zero-order valence-corrected chi connectivity index (χ0v) is 23.8. The largest absolute Gasteiger partial charge is 0.453 e. The highest BCUT2D eigenvalue weighted by atomic mass is 16.5. The van der Waals surface area contributed by atoms with Crippen molar-refractivity contribution in [1.29, 1.82) is 0 Å². The van der Waals surface area contributed by atoms with Gasteiger partial charge < -0.3 is 9.15 Å². The summed E-state index contributed by atoms with van der Waals surface area (Å²) in [6.45, 7) is 0. The lowest BCUT2D eigenvalue weighted by Gasteiger charge is -2.32. The van der Waals surface area contributed by atoms with E-state index in [2.05, 4.69) is 23.1 Å². The number of pyridine rings is 1. The number of aromatic nitrogens is 4. The SMILES string of the molecule is c1ccc(-c2nc(-c3ccccc3)nc(-c3ccnc4c3oc3c(N5c6ccccc6Oc6ccccc65)cccc34)n2)cc1. The number of nitrogens with zero attached hydrogens (tertiary/aromatic N) is 5. The Kier molecular flexibility index (Phi) is 5.67. The Morgan fingerprint density at radius 2 is 1.02 bits per heavy atom. The molecule has 0 saturated heterocycles. The molecule has 1 aliphatic rings. The Morgan fingerprint density at radius 1 is 0.467 bits per heavy atom. The number of anilines is 3. The predicted octanol–water partition coefficient (Wildman–Crippen LogP) is 9.74. The minimum atomic E-state index is 0.512. The zero-order chi connectivity index (χ0) is 29.7. The molecule has 0 N–H and O–H groups in total. The van der Waals surface area contributed by atoms with Gasteiger partial charge in [0.25, 0.3) is 0 Å². The van der Waals surface area contributed by atoms with Gasteiger partial charge in [0, 0.05) is 22.7 Å². The zero-order valence-electron chi connectivity index (χ0n) is 23.8. The van der Waals surface area contributed by atoms with Crippen molar-refractivity contribution in [2.75, 3.05) is 4.90 Å². The van der Waals surface area contributed by atoms with E-state index < -0.39 is 0 Å². The summed E-state index contributed by atoms with van der Waals surface area (Å²) in [6.07, 6.45) is 1.78. The second-order valence-corrected chi connectivity index (χ2v) is 10.7. The number of rotatable bonds is 4. The van der Waals surface area contributed by atoms with Gasteiger partial charge in [-0.3, -0.25) is 9.88 Å². The van der Waals surface area contributed by atoms with Crippen molar-refractivity contribution in [3.8, 4) is 45.7 Å². The van der Waals surface area contributed by atoms with Crippen molar-refractivity contribution in [2.45, 2.75) is 0 Å². The van der Waals surface area contributed by atoms with Crippen LogP contribution in [0.3, 0.4) is 0 Å². The lowest BCUT2D eigenvalue weighted by molar-refractivity contribution is 0.477. The molecule has 0 amide bonds. The molecular weight excluding hydrogens is 558 g/mol. The highest BCUT2D eigenvalue weighted by Crippen LogP contribution is 2.52. The van der Waals surface area contributed by atoms with Crippen LogP contribution < -0.4 is 9.64 Å². The molecule has 45 heavy (non-hydrogen) atoms. The smallest absolute Gasteiger partial charge is 0.167 e. The van der Waals surface area contributed by atoms with E-state index in [0.717, 1.165) is 56.2 Å². The Labute approximate surface area is 258 Å². The summed E-state index contributed by atoms with van der Waals surface area (Å²) >= 11 is 0. The van der Waals surface area contributed by atoms with E-state index in [4.69, 9.17) is 29.1 Å². The number of para-hydroxylation sites is 5. The van der Waals surface area contributed by atoms with Crippen LogP contribution in [-0.2, 0) is 0 Å². The average Bonchev–Trinajstić information content (AvgIpc) is 3.51. The molecule has 0 radical (unpaired) electrons. The molecule has 0 fully saturated rings. The number of benzene rings is 5. The van der Waals surface area contributed by atoms with Crippen LogP contribution in [0.25, 0.3) is 56.2 Å². The second-order valence-electron chi connectivity index (χ2n) is 10.7. The van der Waals surface area contributed by atoms with Crippen LogP contribution in [-0.4, -0.2) is 19.9 Å². The summed E-state index contributed by atoms with van der Waals surface area (Å²) in [6, 6.07) is 44.0. The van der Waals surface area contributed by atoms with Gasteiger partial charge >= 0.3 is 0 Å². The second kappa shape index (κ2) is 10.1. The third-order valence-electron chi connectivity index (χ3n) is 7.97. The molecule has 1 aliphatic heterocycles. The van der Waals surface area contributed by atoms with Crippen LogP contribution in [0.4, 0.5) is 17.1 Å². The molecule has 7 nitrogen and oxygen atoms in total. The molecule has 0 saturated carbocycles. The van der Waals surface area contributed by atoms with Gasteiger partial charge in [-0.1, -0.05) is 91.0 Å². The normalized spacial score (nSPS) is 12.1. The van der Waals surface area contributed by atoms with E-state index in [-0.39, 0.29) is 0 Å². The van der Waals surface area contributed by atoms with Gasteiger partial charge in [0.2, 0.25) is 0 Å². The topological polar surface area (TPSA) is 77.2 Å². The van der Waals surface area contributed by atoms with Crippen LogP contribution in [0, 0.1) is 0 Å². The molecule has 7 heteroatoms. The fourth-order valence-corrected chi connectivity index (χ4v) is 5.91. The van der Waals surface area contributed by atoms with Crippen molar-refractivity contribution in [3.05, 3.63) is 140 Å². The number of fused-ring (bicyclic) bond motifs is 5. The summed E-state index contributed by atoms with van der Waals surface area (Å²) < 4.78 is 13.1. The minimum Gasteiger partial charge on any atom is -0.453 e. The molecule has 212 valence electrons. The molecule has 0 unspecified atom stereocenters. The van der Waals surface area contributed by atoms with Crippen LogP contribution >= 0.6 is 0 Å².